The van der Waals surface area contributed by atoms with Crippen LogP contribution >= 0.6 is 11.6 Å². The Morgan fingerprint density at radius 3 is 2.68 bits per heavy atom. The largest absolute Gasteiger partial charge is 0.439 e. The summed E-state index contributed by atoms with van der Waals surface area (Å²) >= 11 is 5.98. The molecule has 25 heavy (non-hydrogen) atoms. The van der Waals surface area contributed by atoms with Crippen molar-refractivity contribution >= 4 is 23.2 Å². The number of hydrogen-bond donors (Lipinski definition) is 1. The molecule has 3 atom stereocenters. The van der Waals surface area contributed by atoms with Gasteiger partial charge >= 0.3 is 6.18 Å². The number of benzene rings is 1. The van der Waals surface area contributed by atoms with Gasteiger partial charge in [0.15, 0.2) is 0 Å². The fraction of sp³-hybridized carbons (Fsp3) is 0.529. The van der Waals surface area contributed by atoms with Crippen LogP contribution in [0.5, 0.6) is 0 Å². The van der Waals surface area contributed by atoms with E-state index in [2.05, 4.69) is 5.10 Å². The van der Waals surface area contributed by atoms with Gasteiger partial charge in [0.2, 0.25) is 0 Å². The van der Waals surface area contributed by atoms with E-state index in [4.69, 9.17) is 11.6 Å². The van der Waals surface area contributed by atoms with Crippen molar-refractivity contribution in [1.82, 2.24) is 5.01 Å². The molecule has 1 saturated carbocycles. The van der Waals surface area contributed by atoms with Crippen LogP contribution in [0.3, 0.4) is 0 Å². The molecule has 0 bridgehead atoms. The molecular weight excluding hydrogens is 357 g/mol. The van der Waals surface area contributed by atoms with E-state index < -0.39 is 23.7 Å². The van der Waals surface area contributed by atoms with Gasteiger partial charge in [0.25, 0.3) is 11.6 Å². The summed E-state index contributed by atoms with van der Waals surface area (Å²) in [5, 5.41) is 15.0. The topological polar surface area (TPSA) is 52.9 Å². The van der Waals surface area contributed by atoms with Crippen LogP contribution in [0.2, 0.25) is 5.02 Å². The second-order valence-corrected chi connectivity index (χ2v) is 7.12. The maximum Gasteiger partial charge on any atom is 0.439 e. The molecule has 4 nitrogen and oxygen atoms in total. The second kappa shape index (κ2) is 5.99. The van der Waals surface area contributed by atoms with E-state index in [0.717, 1.165) is 0 Å². The molecule has 0 spiro atoms. The Morgan fingerprint density at radius 2 is 2.08 bits per heavy atom. The number of carbonyl (C=O) groups excluding carboxylic acids is 1. The number of halogens is 4. The SMILES string of the molecule is Cc1ccc(C(=O)N2N=C3[C@H](C)CCC[C@H]3[C@]2(O)C(F)(F)F)cc1Cl. The molecule has 1 amide bonds. The number of rotatable bonds is 1. The average molecular weight is 375 g/mol. The van der Waals surface area contributed by atoms with Crippen LogP contribution in [0.1, 0.15) is 42.1 Å². The van der Waals surface area contributed by atoms with Crippen molar-refractivity contribution in [2.24, 2.45) is 16.9 Å². The number of hydrazone groups is 1. The van der Waals surface area contributed by atoms with Crippen molar-refractivity contribution in [3.8, 4) is 0 Å². The molecule has 1 N–H and O–H groups in total. The van der Waals surface area contributed by atoms with Crippen molar-refractivity contribution in [1.29, 1.82) is 0 Å². The lowest BCUT2D eigenvalue weighted by molar-refractivity contribution is -0.312. The van der Waals surface area contributed by atoms with Gasteiger partial charge in [-0.2, -0.15) is 23.3 Å². The number of hydrogen-bond acceptors (Lipinski definition) is 3. The first kappa shape index (κ1) is 18.2. The Hall–Kier alpha value is -1.60. The Kier molecular flexibility index (Phi) is 4.36. The van der Waals surface area contributed by atoms with Gasteiger partial charge in [-0.05, 0) is 43.4 Å². The average Bonchev–Trinajstić information content (AvgIpc) is 2.85. The van der Waals surface area contributed by atoms with Gasteiger partial charge < -0.3 is 5.11 Å². The van der Waals surface area contributed by atoms with Crippen molar-refractivity contribution in [3.05, 3.63) is 34.3 Å². The fourth-order valence-electron chi connectivity index (χ4n) is 3.55. The molecule has 1 aromatic rings. The Labute approximate surface area is 148 Å². The Balaban J connectivity index is 2.08. The van der Waals surface area contributed by atoms with Crippen LogP contribution in [0.4, 0.5) is 13.2 Å². The number of nitrogens with zero attached hydrogens (tertiary/aromatic N) is 2. The van der Waals surface area contributed by atoms with E-state index >= 15 is 0 Å². The van der Waals surface area contributed by atoms with E-state index in [9.17, 15) is 23.1 Å². The molecule has 0 unspecified atom stereocenters. The number of alkyl halides is 3. The molecular formula is C17H18ClF3N2O2. The molecule has 0 saturated heterocycles. The summed E-state index contributed by atoms with van der Waals surface area (Å²) in [6.45, 7) is 3.48. The third-order valence-corrected chi connectivity index (χ3v) is 5.45. The first-order valence-electron chi connectivity index (χ1n) is 8.05. The summed E-state index contributed by atoms with van der Waals surface area (Å²) < 4.78 is 41.3. The molecule has 2 aliphatic rings. The van der Waals surface area contributed by atoms with Crippen LogP contribution in [-0.4, -0.2) is 33.6 Å². The van der Waals surface area contributed by atoms with E-state index in [-0.39, 0.29) is 33.6 Å². The highest BCUT2D eigenvalue weighted by Crippen LogP contribution is 2.49. The van der Waals surface area contributed by atoms with Gasteiger partial charge in [0, 0.05) is 16.3 Å². The molecule has 1 fully saturated rings. The summed E-state index contributed by atoms with van der Waals surface area (Å²) in [6.07, 6.45) is -3.66. The van der Waals surface area contributed by atoms with Gasteiger partial charge in [0.1, 0.15) is 0 Å². The summed E-state index contributed by atoms with van der Waals surface area (Å²) in [7, 11) is 0. The first-order chi connectivity index (χ1) is 11.6. The highest BCUT2D eigenvalue weighted by molar-refractivity contribution is 6.31. The molecule has 1 aromatic carbocycles. The van der Waals surface area contributed by atoms with Crippen molar-refractivity contribution < 1.29 is 23.1 Å². The minimum atomic E-state index is -5.02. The van der Waals surface area contributed by atoms with E-state index in [0.29, 0.717) is 18.4 Å². The molecule has 136 valence electrons. The molecule has 1 heterocycles. The van der Waals surface area contributed by atoms with Gasteiger partial charge in [-0.25, -0.2) is 0 Å². The standard InChI is InChI=1S/C17H18ClF3N2O2/c1-9-6-7-11(8-13(9)18)15(24)23-16(25,17(19,20)21)12-5-3-4-10(2)14(12)22-23/h6-8,10,12,25H,3-5H2,1-2H3/t10-,12-,16+/m1/s1. The molecule has 1 aliphatic carbocycles. The third-order valence-electron chi connectivity index (χ3n) is 5.04. The smallest absolute Gasteiger partial charge is 0.362 e. The zero-order valence-corrected chi connectivity index (χ0v) is 14.5. The number of carbonyl (C=O) groups is 1. The zero-order chi connectivity index (χ0) is 18.6. The lowest BCUT2D eigenvalue weighted by Gasteiger charge is -2.39. The zero-order valence-electron chi connectivity index (χ0n) is 13.8. The highest BCUT2D eigenvalue weighted by atomic mass is 35.5. The van der Waals surface area contributed by atoms with Gasteiger partial charge in [-0.3, -0.25) is 4.79 Å². The van der Waals surface area contributed by atoms with Crippen molar-refractivity contribution in [2.45, 2.75) is 45.0 Å². The molecule has 8 heteroatoms. The summed E-state index contributed by atoms with van der Waals surface area (Å²) in [4.78, 5) is 12.7. The maximum atomic E-state index is 13.8. The number of amides is 1. The van der Waals surface area contributed by atoms with Crippen LogP contribution in [0.25, 0.3) is 0 Å². The lowest BCUT2D eigenvalue weighted by Crippen LogP contribution is -2.61. The third kappa shape index (κ3) is 2.73. The van der Waals surface area contributed by atoms with Gasteiger partial charge in [-0.15, -0.1) is 0 Å². The van der Waals surface area contributed by atoms with Crippen LogP contribution < -0.4 is 0 Å². The van der Waals surface area contributed by atoms with Crippen LogP contribution in [0, 0.1) is 18.8 Å². The number of fused-ring (bicyclic) bond motifs is 1. The van der Waals surface area contributed by atoms with Crippen molar-refractivity contribution in [2.75, 3.05) is 0 Å². The fourth-order valence-corrected chi connectivity index (χ4v) is 3.73. The maximum absolute atomic E-state index is 13.8. The highest BCUT2D eigenvalue weighted by Gasteiger charge is 2.69. The lowest BCUT2D eigenvalue weighted by atomic mass is 9.75. The Morgan fingerprint density at radius 1 is 1.40 bits per heavy atom. The summed E-state index contributed by atoms with van der Waals surface area (Å²) in [5.41, 5.74) is -2.45. The second-order valence-electron chi connectivity index (χ2n) is 6.71. The molecule has 1 aliphatic heterocycles. The number of aliphatic hydroxyl groups is 1. The summed E-state index contributed by atoms with van der Waals surface area (Å²) in [6, 6.07) is 4.22. The van der Waals surface area contributed by atoms with Crippen molar-refractivity contribution in [3.63, 3.8) is 0 Å². The first-order valence-corrected chi connectivity index (χ1v) is 8.43. The van der Waals surface area contributed by atoms with Gasteiger partial charge in [0.05, 0.1) is 5.92 Å². The molecule has 3 rings (SSSR count). The summed E-state index contributed by atoms with van der Waals surface area (Å²) in [5.74, 6) is -2.47. The van der Waals surface area contributed by atoms with Gasteiger partial charge in [-0.1, -0.05) is 31.0 Å². The monoisotopic (exact) mass is 374 g/mol. The predicted molar refractivity (Wildman–Crippen MR) is 87.3 cm³/mol. The normalized spacial score (nSPS) is 29.4. The molecule has 0 radical (unpaired) electrons. The van der Waals surface area contributed by atoms with Crippen LogP contribution in [0.15, 0.2) is 23.3 Å². The molecule has 0 aromatic heterocycles. The minimum absolute atomic E-state index is 0.0473. The number of aryl methyl sites for hydroxylation is 1. The van der Waals surface area contributed by atoms with E-state index in [1.807, 2.05) is 0 Å². The van der Waals surface area contributed by atoms with E-state index in [1.165, 1.54) is 12.1 Å². The predicted octanol–water partition coefficient (Wildman–Crippen LogP) is 4.15. The van der Waals surface area contributed by atoms with Crippen LogP contribution in [-0.2, 0) is 0 Å². The quantitative estimate of drug-likeness (QED) is 0.803. The minimum Gasteiger partial charge on any atom is -0.362 e. The Bertz CT molecular complexity index is 750. The van der Waals surface area contributed by atoms with E-state index in [1.54, 1.807) is 19.9 Å².